The molecule has 0 spiro atoms. The maximum absolute atomic E-state index is 6.07. The molecule has 0 aliphatic heterocycles. The van der Waals surface area contributed by atoms with Crippen molar-refractivity contribution < 1.29 is 4.74 Å². The molecule has 2 aromatic carbocycles. The quantitative estimate of drug-likeness (QED) is 0.788. The van der Waals surface area contributed by atoms with Crippen LogP contribution in [0.2, 0.25) is 10.0 Å². The summed E-state index contributed by atoms with van der Waals surface area (Å²) in [7, 11) is 0. The summed E-state index contributed by atoms with van der Waals surface area (Å²) in [4.78, 5) is 0. The number of nitrogens with two attached hydrogens (primary N) is 1. The maximum atomic E-state index is 6.07. The lowest BCUT2D eigenvalue weighted by Gasteiger charge is -2.11. The standard InChI is InChI=1S/C14H13Cl2NO/c1-8-3-9(2)5-11(4-8)18-14-12(15)6-10(17)7-13(14)16/h3-7H,17H2,1-2H3. The van der Waals surface area contributed by atoms with Crippen LogP contribution in [0.1, 0.15) is 11.1 Å². The zero-order valence-corrected chi connectivity index (χ0v) is 11.6. The number of halogens is 2. The van der Waals surface area contributed by atoms with Gasteiger partial charge >= 0.3 is 0 Å². The molecule has 0 saturated heterocycles. The number of benzene rings is 2. The van der Waals surface area contributed by atoms with Gasteiger partial charge in [-0.15, -0.1) is 0 Å². The number of nitrogen functional groups attached to an aromatic ring is 1. The molecule has 0 fully saturated rings. The van der Waals surface area contributed by atoms with E-state index in [0.29, 0.717) is 27.2 Å². The molecular weight excluding hydrogens is 269 g/mol. The Hall–Kier alpha value is -1.38. The highest BCUT2D eigenvalue weighted by Crippen LogP contribution is 2.38. The van der Waals surface area contributed by atoms with E-state index in [4.69, 9.17) is 33.7 Å². The first kappa shape index (κ1) is 13.1. The number of hydrogen-bond donors (Lipinski definition) is 1. The van der Waals surface area contributed by atoms with Crippen LogP contribution < -0.4 is 10.5 Å². The minimum atomic E-state index is 0.402. The minimum absolute atomic E-state index is 0.402. The Bertz CT molecular complexity index is 553. The number of anilines is 1. The van der Waals surface area contributed by atoms with E-state index in [-0.39, 0.29) is 0 Å². The molecule has 0 amide bonds. The summed E-state index contributed by atoms with van der Waals surface area (Å²) in [5.74, 6) is 1.14. The van der Waals surface area contributed by atoms with Gasteiger partial charge in [-0.3, -0.25) is 0 Å². The van der Waals surface area contributed by atoms with Crippen molar-refractivity contribution in [1.29, 1.82) is 0 Å². The van der Waals surface area contributed by atoms with E-state index < -0.39 is 0 Å². The zero-order valence-electron chi connectivity index (χ0n) is 10.1. The molecule has 0 unspecified atom stereocenters. The van der Waals surface area contributed by atoms with E-state index in [1.807, 2.05) is 26.0 Å². The van der Waals surface area contributed by atoms with Crippen molar-refractivity contribution in [2.45, 2.75) is 13.8 Å². The highest BCUT2D eigenvalue weighted by molar-refractivity contribution is 6.37. The Labute approximate surface area is 116 Å². The Morgan fingerprint density at radius 1 is 0.889 bits per heavy atom. The van der Waals surface area contributed by atoms with Gasteiger partial charge in [0.05, 0.1) is 10.0 Å². The van der Waals surface area contributed by atoms with Gasteiger partial charge in [0.2, 0.25) is 0 Å². The summed E-state index contributed by atoms with van der Waals surface area (Å²) >= 11 is 12.1. The van der Waals surface area contributed by atoms with E-state index in [1.54, 1.807) is 12.1 Å². The van der Waals surface area contributed by atoms with Crippen LogP contribution in [0.3, 0.4) is 0 Å². The first-order chi connectivity index (χ1) is 8.45. The van der Waals surface area contributed by atoms with Crippen LogP contribution in [-0.2, 0) is 0 Å². The topological polar surface area (TPSA) is 35.2 Å². The molecule has 2 aromatic rings. The molecule has 0 bridgehead atoms. The third kappa shape index (κ3) is 2.89. The lowest BCUT2D eigenvalue weighted by atomic mass is 10.1. The van der Waals surface area contributed by atoms with Gasteiger partial charge in [0.25, 0.3) is 0 Å². The fraction of sp³-hybridized carbons (Fsp3) is 0.143. The van der Waals surface area contributed by atoms with Gasteiger partial charge in [-0.1, -0.05) is 29.3 Å². The van der Waals surface area contributed by atoms with E-state index in [0.717, 1.165) is 11.1 Å². The molecule has 94 valence electrons. The van der Waals surface area contributed by atoms with Crippen molar-refractivity contribution in [1.82, 2.24) is 0 Å². The molecule has 4 heteroatoms. The average Bonchev–Trinajstić information content (AvgIpc) is 2.22. The van der Waals surface area contributed by atoms with Crippen molar-refractivity contribution in [2.24, 2.45) is 0 Å². The molecule has 0 aliphatic carbocycles. The third-order valence-corrected chi connectivity index (χ3v) is 3.00. The van der Waals surface area contributed by atoms with Gasteiger partial charge in [0.1, 0.15) is 5.75 Å². The van der Waals surface area contributed by atoms with Gasteiger partial charge < -0.3 is 10.5 Å². The molecule has 0 aliphatic rings. The Morgan fingerprint density at radius 3 is 1.89 bits per heavy atom. The third-order valence-electron chi connectivity index (χ3n) is 2.44. The van der Waals surface area contributed by atoms with Crippen LogP contribution in [-0.4, -0.2) is 0 Å². The highest BCUT2D eigenvalue weighted by Gasteiger charge is 2.10. The fourth-order valence-corrected chi connectivity index (χ4v) is 2.37. The zero-order chi connectivity index (χ0) is 13.3. The normalized spacial score (nSPS) is 10.4. The lowest BCUT2D eigenvalue weighted by molar-refractivity contribution is 0.482. The van der Waals surface area contributed by atoms with E-state index >= 15 is 0 Å². The molecule has 18 heavy (non-hydrogen) atoms. The van der Waals surface area contributed by atoms with Crippen molar-refractivity contribution in [3.8, 4) is 11.5 Å². The van der Waals surface area contributed by atoms with Crippen molar-refractivity contribution >= 4 is 28.9 Å². The largest absolute Gasteiger partial charge is 0.454 e. The second-order valence-electron chi connectivity index (χ2n) is 4.24. The van der Waals surface area contributed by atoms with Crippen LogP contribution in [0.5, 0.6) is 11.5 Å². The Balaban J connectivity index is 2.40. The molecule has 0 saturated carbocycles. The van der Waals surface area contributed by atoms with Crippen LogP contribution in [0.15, 0.2) is 30.3 Å². The smallest absolute Gasteiger partial charge is 0.164 e. The Morgan fingerprint density at radius 2 is 1.39 bits per heavy atom. The average molecular weight is 282 g/mol. The number of ether oxygens (including phenoxy) is 1. The van der Waals surface area contributed by atoms with E-state index in [9.17, 15) is 0 Å². The Kier molecular flexibility index (Phi) is 3.69. The second kappa shape index (κ2) is 5.09. The van der Waals surface area contributed by atoms with Crippen LogP contribution in [0, 0.1) is 13.8 Å². The summed E-state index contributed by atoms with van der Waals surface area (Å²) in [5, 5.41) is 0.804. The maximum Gasteiger partial charge on any atom is 0.164 e. The molecule has 0 heterocycles. The predicted molar refractivity (Wildman–Crippen MR) is 76.9 cm³/mol. The van der Waals surface area contributed by atoms with Gasteiger partial charge in [0.15, 0.2) is 5.75 Å². The monoisotopic (exact) mass is 281 g/mol. The molecule has 0 radical (unpaired) electrons. The first-order valence-electron chi connectivity index (χ1n) is 5.46. The highest BCUT2D eigenvalue weighted by atomic mass is 35.5. The van der Waals surface area contributed by atoms with Crippen LogP contribution in [0.4, 0.5) is 5.69 Å². The minimum Gasteiger partial charge on any atom is -0.454 e. The summed E-state index contributed by atoms with van der Waals surface area (Å²) in [6.07, 6.45) is 0. The van der Waals surface area contributed by atoms with Crippen molar-refractivity contribution in [3.63, 3.8) is 0 Å². The molecule has 0 aromatic heterocycles. The van der Waals surface area contributed by atoms with E-state index in [1.165, 1.54) is 0 Å². The summed E-state index contributed by atoms with van der Waals surface area (Å²) < 4.78 is 5.74. The summed E-state index contributed by atoms with van der Waals surface area (Å²) in [6.45, 7) is 4.01. The van der Waals surface area contributed by atoms with Gasteiger partial charge in [0, 0.05) is 5.69 Å². The van der Waals surface area contributed by atoms with Gasteiger partial charge in [-0.05, 0) is 49.2 Å². The van der Waals surface area contributed by atoms with Gasteiger partial charge in [-0.25, -0.2) is 0 Å². The predicted octanol–water partition coefficient (Wildman–Crippen LogP) is 4.98. The summed E-state index contributed by atoms with van der Waals surface area (Å²) in [6, 6.07) is 9.15. The lowest BCUT2D eigenvalue weighted by Crippen LogP contribution is -1.91. The van der Waals surface area contributed by atoms with E-state index in [2.05, 4.69) is 6.07 Å². The molecule has 2 rings (SSSR count). The number of hydrogen-bond acceptors (Lipinski definition) is 2. The van der Waals surface area contributed by atoms with Crippen LogP contribution >= 0.6 is 23.2 Å². The molecular formula is C14H13Cl2NO. The summed E-state index contributed by atoms with van der Waals surface area (Å²) in [5.41, 5.74) is 8.39. The fourth-order valence-electron chi connectivity index (χ4n) is 1.79. The van der Waals surface area contributed by atoms with Crippen LogP contribution in [0.25, 0.3) is 0 Å². The number of aryl methyl sites for hydroxylation is 2. The number of rotatable bonds is 2. The van der Waals surface area contributed by atoms with Crippen molar-refractivity contribution in [3.05, 3.63) is 51.5 Å². The molecule has 0 atom stereocenters. The molecule has 2 nitrogen and oxygen atoms in total. The molecule has 2 N–H and O–H groups in total. The van der Waals surface area contributed by atoms with Crippen molar-refractivity contribution in [2.75, 3.05) is 5.73 Å². The first-order valence-corrected chi connectivity index (χ1v) is 6.22. The second-order valence-corrected chi connectivity index (χ2v) is 5.05. The van der Waals surface area contributed by atoms with Gasteiger partial charge in [-0.2, -0.15) is 0 Å². The SMILES string of the molecule is Cc1cc(C)cc(Oc2c(Cl)cc(N)cc2Cl)c1.